The summed E-state index contributed by atoms with van der Waals surface area (Å²) in [5.74, 6) is 0.836. The topological polar surface area (TPSA) is 100 Å². The predicted molar refractivity (Wildman–Crippen MR) is 104 cm³/mol. The number of aryl methyl sites for hydroxylation is 1. The Bertz CT molecular complexity index is 1010. The van der Waals surface area contributed by atoms with Crippen molar-refractivity contribution in [2.45, 2.75) is 42.9 Å². The highest BCUT2D eigenvalue weighted by atomic mass is 32.2. The lowest BCUT2D eigenvalue weighted by molar-refractivity contribution is 0.173. The molecule has 0 unspecified atom stereocenters. The maximum atomic E-state index is 14.5. The van der Waals surface area contributed by atoms with Crippen LogP contribution < -0.4 is 20.5 Å². The van der Waals surface area contributed by atoms with Crippen molar-refractivity contribution in [1.82, 2.24) is 24.8 Å². The molecule has 10 heteroatoms. The number of nitrogens with one attached hydrogen (secondary N) is 1. The monoisotopic (exact) mass is 404 g/mol. The number of rotatable bonds is 7. The number of halogens is 1. The zero-order valence-electron chi connectivity index (χ0n) is 15.6. The standard InChI is InChI=1S/C18H21FN6O2S/c1-10(2)21-4-3-5-25-17-15(16(20)22-8-23-17)24-18(25)28-14-7-13-12(6-11(14)19)26-9-27-13/h6-8,10,21H,3-5,9H2,1-2H3,(H2,20,22,23). The summed E-state index contributed by atoms with van der Waals surface area (Å²) in [6.07, 6.45) is 2.28. The lowest BCUT2D eigenvalue weighted by Crippen LogP contribution is -2.24. The van der Waals surface area contributed by atoms with Gasteiger partial charge in [-0.3, -0.25) is 0 Å². The van der Waals surface area contributed by atoms with Gasteiger partial charge >= 0.3 is 0 Å². The van der Waals surface area contributed by atoms with Crippen LogP contribution in [-0.2, 0) is 6.54 Å². The Kier molecular flexibility index (Phi) is 5.23. The van der Waals surface area contributed by atoms with E-state index in [1.165, 1.54) is 24.2 Å². The van der Waals surface area contributed by atoms with Crippen LogP contribution in [0.1, 0.15) is 20.3 Å². The van der Waals surface area contributed by atoms with Crippen LogP contribution in [0, 0.1) is 5.82 Å². The summed E-state index contributed by atoms with van der Waals surface area (Å²) >= 11 is 1.20. The molecule has 3 aromatic rings. The Hall–Kier alpha value is -2.59. The van der Waals surface area contributed by atoms with Gasteiger partial charge in [-0.25, -0.2) is 19.3 Å². The van der Waals surface area contributed by atoms with Crippen molar-refractivity contribution in [2.24, 2.45) is 0 Å². The zero-order chi connectivity index (χ0) is 19.7. The van der Waals surface area contributed by atoms with E-state index in [2.05, 4.69) is 34.1 Å². The van der Waals surface area contributed by atoms with Crippen molar-refractivity contribution in [2.75, 3.05) is 19.1 Å². The fraction of sp³-hybridized carbons (Fsp3) is 0.389. The summed E-state index contributed by atoms with van der Waals surface area (Å²) in [6.45, 7) is 5.81. The Morgan fingerprint density at radius 2 is 2.07 bits per heavy atom. The van der Waals surface area contributed by atoms with Gasteiger partial charge in [0.1, 0.15) is 12.1 Å². The number of fused-ring (bicyclic) bond motifs is 2. The number of aromatic nitrogens is 4. The highest BCUT2D eigenvalue weighted by Gasteiger charge is 2.21. The molecule has 0 fully saturated rings. The van der Waals surface area contributed by atoms with E-state index in [1.54, 1.807) is 6.07 Å². The van der Waals surface area contributed by atoms with Gasteiger partial charge in [0.05, 0.1) is 4.90 Å². The molecule has 1 aliphatic rings. The quantitative estimate of drug-likeness (QED) is 0.580. The molecule has 0 saturated heterocycles. The van der Waals surface area contributed by atoms with Crippen LogP contribution >= 0.6 is 11.8 Å². The van der Waals surface area contributed by atoms with E-state index >= 15 is 0 Å². The second-order valence-corrected chi connectivity index (χ2v) is 7.69. The molecule has 4 rings (SSSR count). The molecule has 1 aliphatic heterocycles. The number of anilines is 1. The normalized spacial score (nSPS) is 13.0. The third kappa shape index (κ3) is 3.69. The van der Waals surface area contributed by atoms with Gasteiger partial charge in [-0.15, -0.1) is 0 Å². The van der Waals surface area contributed by atoms with Crippen molar-refractivity contribution in [1.29, 1.82) is 0 Å². The van der Waals surface area contributed by atoms with Crippen LogP contribution in [0.25, 0.3) is 11.2 Å². The minimum atomic E-state index is -0.395. The Morgan fingerprint density at radius 3 is 2.86 bits per heavy atom. The van der Waals surface area contributed by atoms with Gasteiger partial charge < -0.3 is 25.1 Å². The van der Waals surface area contributed by atoms with E-state index in [9.17, 15) is 4.39 Å². The zero-order valence-corrected chi connectivity index (χ0v) is 16.4. The maximum absolute atomic E-state index is 14.5. The first kappa shape index (κ1) is 18.8. The summed E-state index contributed by atoms with van der Waals surface area (Å²) < 4.78 is 27.1. The largest absolute Gasteiger partial charge is 0.454 e. The van der Waals surface area contributed by atoms with Gasteiger partial charge in [0, 0.05) is 24.7 Å². The average molecular weight is 404 g/mol. The smallest absolute Gasteiger partial charge is 0.231 e. The first-order valence-electron chi connectivity index (χ1n) is 9.00. The van der Waals surface area contributed by atoms with Crippen LogP contribution in [0.5, 0.6) is 11.5 Å². The third-order valence-corrected chi connectivity index (χ3v) is 5.29. The lowest BCUT2D eigenvalue weighted by atomic mass is 10.3. The molecular formula is C18H21FN6O2S. The number of benzene rings is 1. The first-order chi connectivity index (χ1) is 13.5. The summed E-state index contributed by atoms with van der Waals surface area (Å²) in [6, 6.07) is 3.37. The first-order valence-corrected chi connectivity index (χ1v) is 9.81. The molecule has 3 N–H and O–H groups in total. The SMILES string of the molecule is CC(C)NCCCn1c(Sc2cc3c(cc2F)OCO3)nc2c(N)ncnc21. The van der Waals surface area contributed by atoms with Crippen molar-refractivity contribution < 1.29 is 13.9 Å². The molecule has 0 aliphatic carbocycles. The van der Waals surface area contributed by atoms with Crippen molar-refractivity contribution >= 4 is 28.7 Å². The highest BCUT2D eigenvalue weighted by Crippen LogP contribution is 2.40. The van der Waals surface area contributed by atoms with Crippen molar-refractivity contribution in [3.8, 4) is 11.5 Å². The van der Waals surface area contributed by atoms with Gasteiger partial charge in [0.2, 0.25) is 6.79 Å². The molecule has 2 aromatic heterocycles. The second-order valence-electron chi connectivity index (χ2n) is 6.68. The second kappa shape index (κ2) is 7.80. The van der Waals surface area contributed by atoms with Crippen molar-refractivity contribution in [3.05, 3.63) is 24.3 Å². The summed E-state index contributed by atoms with van der Waals surface area (Å²) in [4.78, 5) is 13.3. The molecule has 0 amide bonds. The van der Waals surface area contributed by atoms with E-state index in [4.69, 9.17) is 15.2 Å². The Labute approximate surface area is 165 Å². The van der Waals surface area contributed by atoms with Crippen LogP contribution in [-0.4, -0.2) is 38.9 Å². The summed E-state index contributed by atoms with van der Waals surface area (Å²) in [5, 5.41) is 3.99. The van der Waals surface area contributed by atoms with E-state index in [-0.39, 0.29) is 6.79 Å². The van der Waals surface area contributed by atoms with Crippen LogP contribution in [0.2, 0.25) is 0 Å². The minimum absolute atomic E-state index is 0.0936. The maximum Gasteiger partial charge on any atom is 0.231 e. The van der Waals surface area contributed by atoms with Gasteiger partial charge in [-0.1, -0.05) is 13.8 Å². The van der Waals surface area contributed by atoms with Crippen LogP contribution in [0.3, 0.4) is 0 Å². The van der Waals surface area contributed by atoms with E-state index in [0.29, 0.717) is 51.1 Å². The molecule has 0 spiro atoms. The third-order valence-electron chi connectivity index (χ3n) is 4.26. The predicted octanol–water partition coefficient (Wildman–Crippen LogP) is 2.82. The number of nitrogens with zero attached hydrogens (tertiary/aromatic N) is 4. The number of imidazole rings is 1. The highest BCUT2D eigenvalue weighted by molar-refractivity contribution is 7.99. The van der Waals surface area contributed by atoms with Crippen LogP contribution in [0.15, 0.2) is 28.5 Å². The molecule has 0 bridgehead atoms. The van der Waals surface area contributed by atoms with Gasteiger partial charge in [0.25, 0.3) is 0 Å². The molecule has 0 saturated carbocycles. The Morgan fingerprint density at radius 1 is 1.29 bits per heavy atom. The molecule has 148 valence electrons. The van der Waals surface area contributed by atoms with E-state index < -0.39 is 5.82 Å². The Balaban J connectivity index is 1.66. The van der Waals surface area contributed by atoms with Crippen molar-refractivity contribution in [3.63, 3.8) is 0 Å². The summed E-state index contributed by atoms with van der Waals surface area (Å²) in [5.41, 5.74) is 7.13. The van der Waals surface area contributed by atoms with Gasteiger partial charge in [-0.2, -0.15) is 0 Å². The molecule has 28 heavy (non-hydrogen) atoms. The minimum Gasteiger partial charge on any atom is -0.454 e. The number of nitrogens with two attached hydrogens (primary N) is 1. The van der Waals surface area contributed by atoms with Crippen LogP contribution in [0.4, 0.5) is 10.2 Å². The fourth-order valence-corrected chi connectivity index (χ4v) is 3.86. The van der Waals surface area contributed by atoms with Gasteiger partial charge in [-0.05, 0) is 24.7 Å². The fourth-order valence-electron chi connectivity index (χ4n) is 2.92. The number of hydrogen-bond acceptors (Lipinski definition) is 8. The molecule has 1 aromatic carbocycles. The molecule has 0 radical (unpaired) electrons. The van der Waals surface area contributed by atoms with E-state index in [1.807, 2.05) is 4.57 Å². The molecular weight excluding hydrogens is 383 g/mol. The number of ether oxygens (including phenoxy) is 2. The number of hydrogen-bond donors (Lipinski definition) is 2. The summed E-state index contributed by atoms with van der Waals surface area (Å²) in [7, 11) is 0. The molecule has 8 nitrogen and oxygen atoms in total. The lowest BCUT2D eigenvalue weighted by Gasteiger charge is -2.11. The molecule has 0 atom stereocenters. The number of nitrogen functional groups attached to an aromatic ring is 1. The average Bonchev–Trinajstić information content (AvgIpc) is 3.24. The van der Waals surface area contributed by atoms with Gasteiger partial charge in [0.15, 0.2) is 33.6 Å². The molecule has 3 heterocycles. The van der Waals surface area contributed by atoms with E-state index in [0.717, 1.165) is 13.0 Å².